The molecule has 0 aliphatic carbocycles. The molecule has 1 N–H and O–H groups in total. The number of aromatic carboxylic acids is 1. The number of nitrogens with zero attached hydrogens (tertiary/aromatic N) is 2. The molecule has 8 heteroatoms. The molecule has 1 heterocycles. The fraction of sp³-hybridized carbons (Fsp3) is 0.176. The Morgan fingerprint density at radius 1 is 1.16 bits per heavy atom. The van der Waals surface area contributed by atoms with Crippen molar-refractivity contribution in [3.05, 3.63) is 53.6 Å². The van der Waals surface area contributed by atoms with Crippen LogP contribution in [0.1, 0.15) is 30.5 Å². The van der Waals surface area contributed by atoms with Crippen LogP contribution in [0.2, 0.25) is 0 Å². The van der Waals surface area contributed by atoms with E-state index in [0.717, 1.165) is 6.07 Å². The number of carboxylic acids is 1. The van der Waals surface area contributed by atoms with Crippen molar-refractivity contribution in [3.63, 3.8) is 0 Å². The van der Waals surface area contributed by atoms with Crippen LogP contribution in [0.5, 0.6) is 0 Å². The molecule has 3 rings (SSSR count). The zero-order valence-electron chi connectivity index (χ0n) is 13.8. The van der Waals surface area contributed by atoms with Gasteiger partial charge in [-0.3, -0.25) is 0 Å². The van der Waals surface area contributed by atoms with Crippen LogP contribution < -0.4 is 0 Å². The molecule has 0 saturated carbocycles. The molecular formula is C17H13F3LiN2O2. The normalized spacial score (nSPS) is 11.0. The van der Waals surface area contributed by atoms with Crippen molar-refractivity contribution in [2.75, 3.05) is 0 Å². The van der Waals surface area contributed by atoms with Gasteiger partial charge in [-0.15, -0.1) is 0 Å². The van der Waals surface area contributed by atoms with Gasteiger partial charge in [0.15, 0.2) is 11.6 Å². The number of benzene rings is 2. The number of carbonyl (C=O) groups is 1. The van der Waals surface area contributed by atoms with Gasteiger partial charge in [-0.1, -0.05) is 12.1 Å². The maximum absolute atomic E-state index is 14.1. The number of rotatable bonds is 3. The molecule has 0 unspecified atom stereocenters. The largest absolute Gasteiger partial charge is 0.475 e. The molecule has 0 saturated heterocycles. The van der Waals surface area contributed by atoms with E-state index in [9.17, 15) is 23.1 Å². The summed E-state index contributed by atoms with van der Waals surface area (Å²) in [6.07, 6.45) is 0. The van der Waals surface area contributed by atoms with Gasteiger partial charge in [-0.2, -0.15) is 0 Å². The van der Waals surface area contributed by atoms with Gasteiger partial charge in [0.2, 0.25) is 5.82 Å². The average molecular weight is 341 g/mol. The molecule has 0 fully saturated rings. The number of hydrogen-bond acceptors (Lipinski definition) is 2. The third kappa shape index (κ3) is 3.17. The van der Waals surface area contributed by atoms with E-state index in [0.29, 0.717) is 11.6 Å². The predicted molar refractivity (Wildman–Crippen MR) is 88.1 cm³/mol. The van der Waals surface area contributed by atoms with Crippen LogP contribution in [0.3, 0.4) is 0 Å². The average Bonchev–Trinajstić information content (AvgIpc) is 2.90. The second kappa shape index (κ2) is 6.94. The number of para-hydroxylation sites is 1. The summed E-state index contributed by atoms with van der Waals surface area (Å²) in [7, 11) is 0. The Hall–Kier alpha value is -2.23. The molecule has 0 atom stereocenters. The molecule has 0 aliphatic heterocycles. The predicted octanol–water partition coefficient (Wildman–Crippen LogP) is 4.02. The van der Waals surface area contributed by atoms with Crippen molar-refractivity contribution in [3.8, 4) is 11.1 Å². The van der Waals surface area contributed by atoms with E-state index in [2.05, 4.69) is 4.98 Å². The minimum Gasteiger partial charge on any atom is -0.475 e. The van der Waals surface area contributed by atoms with Crippen molar-refractivity contribution in [2.24, 2.45) is 0 Å². The molecule has 0 spiro atoms. The van der Waals surface area contributed by atoms with Gasteiger partial charge in [-0.25, -0.2) is 22.9 Å². The maximum Gasteiger partial charge on any atom is 0.372 e. The summed E-state index contributed by atoms with van der Waals surface area (Å²) >= 11 is 0. The van der Waals surface area contributed by atoms with Crippen molar-refractivity contribution in [1.82, 2.24) is 9.55 Å². The minimum absolute atomic E-state index is 0. The Morgan fingerprint density at radius 2 is 1.84 bits per heavy atom. The second-order valence-corrected chi connectivity index (χ2v) is 5.63. The van der Waals surface area contributed by atoms with Crippen LogP contribution in [-0.2, 0) is 0 Å². The first-order valence-corrected chi connectivity index (χ1v) is 7.20. The summed E-state index contributed by atoms with van der Waals surface area (Å²) in [6, 6.07) is 5.74. The van der Waals surface area contributed by atoms with Crippen molar-refractivity contribution >= 4 is 35.9 Å². The van der Waals surface area contributed by atoms with E-state index in [-0.39, 0.29) is 47.4 Å². The third-order valence-electron chi connectivity index (χ3n) is 3.71. The van der Waals surface area contributed by atoms with E-state index >= 15 is 0 Å². The smallest absolute Gasteiger partial charge is 0.372 e. The second-order valence-electron chi connectivity index (χ2n) is 5.63. The molecular weight excluding hydrogens is 328 g/mol. The summed E-state index contributed by atoms with van der Waals surface area (Å²) in [4.78, 5) is 15.5. The molecule has 125 valence electrons. The number of halogens is 3. The van der Waals surface area contributed by atoms with Gasteiger partial charge < -0.3 is 9.67 Å². The fourth-order valence-electron chi connectivity index (χ4n) is 2.76. The van der Waals surface area contributed by atoms with Crippen LogP contribution in [0, 0.1) is 17.5 Å². The van der Waals surface area contributed by atoms with Crippen LogP contribution >= 0.6 is 0 Å². The Labute approximate surface area is 153 Å². The van der Waals surface area contributed by atoms with Crippen molar-refractivity contribution < 1.29 is 23.1 Å². The fourth-order valence-corrected chi connectivity index (χ4v) is 2.76. The van der Waals surface area contributed by atoms with E-state index < -0.39 is 23.4 Å². The number of imidazole rings is 1. The summed E-state index contributed by atoms with van der Waals surface area (Å²) in [6.45, 7) is 3.56. The topological polar surface area (TPSA) is 55.1 Å². The third-order valence-corrected chi connectivity index (χ3v) is 3.71. The Bertz CT molecular complexity index is 970. The number of fused-ring (bicyclic) bond motifs is 1. The zero-order chi connectivity index (χ0) is 17.6. The van der Waals surface area contributed by atoms with E-state index in [4.69, 9.17) is 0 Å². The summed E-state index contributed by atoms with van der Waals surface area (Å²) in [5, 5.41) is 9.34. The van der Waals surface area contributed by atoms with Crippen LogP contribution in [0.15, 0.2) is 30.3 Å². The SMILES string of the molecule is CC(C)n1c(C(=O)O)nc2c(-c3cc(F)cc(F)c3F)cccc21.[Li]. The molecule has 1 radical (unpaired) electrons. The molecule has 0 amide bonds. The monoisotopic (exact) mass is 341 g/mol. The standard InChI is InChI=1S/C17H13F3N2O2.Li/c1-8(2)22-13-5-3-4-10(15(13)21-16(22)17(23)24)11-6-9(18)7-12(19)14(11)20;/h3-8H,1-2H3,(H,23,24);. The van der Waals surface area contributed by atoms with Gasteiger partial charge >= 0.3 is 5.97 Å². The van der Waals surface area contributed by atoms with Gasteiger partial charge in [0.05, 0.1) is 11.0 Å². The van der Waals surface area contributed by atoms with Gasteiger partial charge in [0, 0.05) is 42.1 Å². The minimum atomic E-state index is -1.32. The van der Waals surface area contributed by atoms with Gasteiger partial charge in [0.25, 0.3) is 0 Å². The Kier molecular flexibility index (Phi) is 5.30. The molecule has 1 aromatic heterocycles. The summed E-state index contributed by atoms with van der Waals surface area (Å²) in [5.74, 6) is -4.91. The number of carboxylic acid groups (broad SMARTS) is 1. The van der Waals surface area contributed by atoms with Crippen LogP contribution in [0.4, 0.5) is 13.2 Å². The van der Waals surface area contributed by atoms with Gasteiger partial charge in [-0.05, 0) is 26.0 Å². The zero-order valence-corrected chi connectivity index (χ0v) is 13.8. The maximum atomic E-state index is 14.1. The number of aromatic nitrogens is 2. The molecule has 0 aliphatic rings. The van der Waals surface area contributed by atoms with E-state index in [1.165, 1.54) is 10.6 Å². The first kappa shape index (κ1) is 19.1. The number of hydrogen-bond donors (Lipinski definition) is 1. The molecule has 0 bridgehead atoms. The van der Waals surface area contributed by atoms with E-state index in [1.54, 1.807) is 26.0 Å². The molecule has 3 aromatic rings. The molecule has 2 aromatic carbocycles. The molecule has 25 heavy (non-hydrogen) atoms. The van der Waals surface area contributed by atoms with E-state index in [1.807, 2.05) is 0 Å². The summed E-state index contributed by atoms with van der Waals surface area (Å²) < 4.78 is 42.6. The van der Waals surface area contributed by atoms with Crippen LogP contribution in [-0.4, -0.2) is 39.5 Å². The van der Waals surface area contributed by atoms with Crippen molar-refractivity contribution in [2.45, 2.75) is 19.9 Å². The quantitative estimate of drug-likeness (QED) is 0.578. The van der Waals surface area contributed by atoms with Crippen molar-refractivity contribution in [1.29, 1.82) is 0 Å². The van der Waals surface area contributed by atoms with Crippen LogP contribution in [0.25, 0.3) is 22.2 Å². The molecule has 4 nitrogen and oxygen atoms in total. The first-order valence-electron chi connectivity index (χ1n) is 7.20. The Morgan fingerprint density at radius 3 is 2.44 bits per heavy atom. The first-order chi connectivity index (χ1) is 11.3. The summed E-state index contributed by atoms with van der Waals surface area (Å²) in [5.41, 5.74) is 0.449. The Balaban J connectivity index is 0.00000225. The van der Waals surface area contributed by atoms with Gasteiger partial charge in [0.1, 0.15) is 5.82 Å².